The van der Waals surface area contributed by atoms with Crippen LogP contribution in [-0.4, -0.2) is 73.8 Å². The molecule has 0 unspecified atom stereocenters. The number of amides is 2. The minimum Gasteiger partial charge on any atom is -0.491 e. The number of carbonyl (C=O) groups is 2. The Labute approximate surface area is 212 Å². The van der Waals surface area contributed by atoms with Gasteiger partial charge in [0.25, 0.3) is 0 Å². The van der Waals surface area contributed by atoms with Crippen molar-refractivity contribution in [3.63, 3.8) is 0 Å². The van der Waals surface area contributed by atoms with Crippen molar-refractivity contribution in [3.05, 3.63) is 65.7 Å². The molecule has 2 amide bonds. The zero-order chi connectivity index (χ0) is 24.9. The van der Waals surface area contributed by atoms with Crippen LogP contribution < -0.4 is 4.74 Å². The summed E-state index contributed by atoms with van der Waals surface area (Å²) in [7, 11) is 0. The molecule has 2 aromatic carbocycles. The van der Waals surface area contributed by atoms with Crippen molar-refractivity contribution in [1.29, 1.82) is 0 Å². The third-order valence-corrected chi connectivity index (χ3v) is 7.91. The number of urea groups is 1. The predicted molar refractivity (Wildman–Crippen MR) is 135 cm³/mol. The number of hydrogen-bond donors (Lipinski definition) is 0. The van der Waals surface area contributed by atoms with Crippen LogP contribution in [0.2, 0.25) is 0 Å². The van der Waals surface area contributed by atoms with Crippen molar-refractivity contribution < 1.29 is 23.5 Å². The molecule has 0 N–H and O–H groups in total. The predicted octanol–water partition coefficient (Wildman–Crippen LogP) is 4.68. The van der Waals surface area contributed by atoms with E-state index in [1.54, 1.807) is 0 Å². The molecule has 3 atom stereocenters. The molecule has 3 saturated heterocycles. The zero-order valence-corrected chi connectivity index (χ0v) is 20.7. The van der Waals surface area contributed by atoms with E-state index in [4.69, 9.17) is 9.47 Å². The molecule has 5 rings (SSSR count). The average molecular weight is 495 g/mol. The Morgan fingerprint density at radius 3 is 2.39 bits per heavy atom. The number of ketones is 1. The number of halogens is 1. The number of Topliss-reactive ketones (excluding diaryl/α,β-unsaturated/α-hetero) is 1. The van der Waals surface area contributed by atoms with Gasteiger partial charge in [0.15, 0.2) is 5.78 Å². The molecular formula is C29H35FN2O4. The van der Waals surface area contributed by atoms with Crippen molar-refractivity contribution in [2.75, 3.05) is 46.1 Å². The van der Waals surface area contributed by atoms with Gasteiger partial charge in [-0.05, 0) is 48.4 Å². The average Bonchev–Trinajstić information content (AvgIpc) is 2.93. The van der Waals surface area contributed by atoms with Crippen LogP contribution in [0.4, 0.5) is 9.18 Å². The van der Waals surface area contributed by atoms with Crippen molar-refractivity contribution >= 4 is 11.8 Å². The van der Waals surface area contributed by atoms with Gasteiger partial charge in [-0.25, -0.2) is 9.18 Å². The minimum atomic E-state index is -0.504. The lowest BCUT2D eigenvalue weighted by molar-refractivity contribution is -0.140. The first-order valence-electron chi connectivity index (χ1n) is 13.1. The van der Waals surface area contributed by atoms with Gasteiger partial charge in [0.1, 0.15) is 25.6 Å². The van der Waals surface area contributed by atoms with Gasteiger partial charge in [0.2, 0.25) is 0 Å². The Hall–Kier alpha value is -2.93. The van der Waals surface area contributed by atoms with Crippen LogP contribution in [0, 0.1) is 11.8 Å². The number of piperidine rings is 2. The lowest BCUT2D eigenvalue weighted by atomic mass is 9.76. The van der Waals surface area contributed by atoms with E-state index in [-0.39, 0.29) is 43.0 Å². The Balaban J connectivity index is 1.24. The smallest absolute Gasteiger partial charge is 0.320 e. The molecule has 3 aliphatic rings. The van der Waals surface area contributed by atoms with Gasteiger partial charge in [0, 0.05) is 44.4 Å². The highest BCUT2D eigenvalue weighted by Gasteiger charge is 2.39. The van der Waals surface area contributed by atoms with Crippen LogP contribution in [0.5, 0.6) is 5.75 Å². The molecule has 7 heteroatoms. The number of alkyl halides is 1. The van der Waals surface area contributed by atoms with Gasteiger partial charge in [-0.3, -0.25) is 4.79 Å². The summed E-state index contributed by atoms with van der Waals surface area (Å²) in [6.07, 6.45) is 3.28. The molecule has 3 heterocycles. The van der Waals surface area contributed by atoms with Crippen LogP contribution in [0.25, 0.3) is 0 Å². The zero-order valence-electron chi connectivity index (χ0n) is 20.7. The molecule has 3 aliphatic heterocycles. The second-order valence-corrected chi connectivity index (χ2v) is 10.2. The molecule has 3 fully saturated rings. The fourth-order valence-corrected chi connectivity index (χ4v) is 6.10. The van der Waals surface area contributed by atoms with Gasteiger partial charge in [-0.15, -0.1) is 0 Å². The van der Waals surface area contributed by atoms with Crippen molar-refractivity contribution in [2.45, 2.75) is 37.7 Å². The number of rotatable bonds is 6. The molecule has 6 nitrogen and oxygen atoms in total. The van der Waals surface area contributed by atoms with Crippen LogP contribution in [0.15, 0.2) is 54.6 Å². The van der Waals surface area contributed by atoms with Crippen LogP contribution in [0.1, 0.15) is 42.7 Å². The summed E-state index contributed by atoms with van der Waals surface area (Å²) in [5.41, 5.74) is 2.48. The van der Waals surface area contributed by atoms with Crippen LogP contribution in [-0.2, 0) is 9.53 Å². The van der Waals surface area contributed by atoms with Gasteiger partial charge in [0.05, 0.1) is 6.10 Å². The van der Waals surface area contributed by atoms with Crippen LogP contribution in [0.3, 0.4) is 0 Å². The first kappa shape index (κ1) is 24.8. The summed E-state index contributed by atoms with van der Waals surface area (Å²) in [5.74, 6) is 1.57. The van der Waals surface area contributed by atoms with Gasteiger partial charge < -0.3 is 19.3 Å². The second kappa shape index (κ2) is 11.4. The van der Waals surface area contributed by atoms with E-state index in [9.17, 15) is 14.0 Å². The number of hydrogen-bond acceptors (Lipinski definition) is 4. The quantitative estimate of drug-likeness (QED) is 0.585. The Kier molecular flexibility index (Phi) is 7.85. The number of nitrogens with zero attached hydrogens (tertiary/aromatic N) is 2. The Morgan fingerprint density at radius 1 is 0.972 bits per heavy atom. The molecule has 0 spiro atoms. The third kappa shape index (κ3) is 5.56. The number of likely N-dealkylation sites (tertiary alicyclic amines) is 2. The third-order valence-electron chi connectivity index (χ3n) is 7.91. The van der Waals surface area contributed by atoms with Crippen molar-refractivity contribution in [2.24, 2.45) is 11.8 Å². The normalized spacial score (nSPS) is 23.8. The van der Waals surface area contributed by atoms with Crippen molar-refractivity contribution in [1.82, 2.24) is 9.80 Å². The molecule has 0 radical (unpaired) electrons. The van der Waals surface area contributed by atoms with Gasteiger partial charge in [-0.2, -0.15) is 0 Å². The van der Waals surface area contributed by atoms with E-state index in [1.165, 1.54) is 11.1 Å². The molecular weight excluding hydrogens is 459 g/mol. The van der Waals surface area contributed by atoms with Crippen LogP contribution >= 0.6 is 0 Å². The maximum atomic E-state index is 13.3. The summed E-state index contributed by atoms with van der Waals surface area (Å²) in [6.45, 7) is 2.54. The van der Waals surface area contributed by atoms with E-state index < -0.39 is 6.67 Å². The largest absolute Gasteiger partial charge is 0.491 e. The van der Waals surface area contributed by atoms with E-state index >= 15 is 0 Å². The molecule has 0 aromatic heterocycles. The molecule has 0 bridgehead atoms. The minimum absolute atomic E-state index is 0.0652. The first-order valence-corrected chi connectivity index (χ1v) is 13.1. The lowest BCUT2D eigenvalue weighted by Crippen LogP contribution is -2.54. The molecule has 36 heavy (non-hydrogen) atoms. The summed E-state index contributed by atoms with van der Waals surface area (Å²) >= 11 is 0. The summed E-state index contributed by atoms with van der Waals surface area (Å²) < 4.78 is 23.6. The van der Waals surface area contributed by atoms with E-state index in [0.717, 1.165) is 32.4 Å². The highest BCUT2D eigenvalue weighted by Crippen LogP contribution is 2.39. The monoisotopic (exact) mass is 494 g/mol. The highest BCUT2D eigenvalue weighted by atomic mass is 19.1. The summed E-state index contributed by atoms with van der Waals surface area (Å²) in [6, 6.07) is 18.6. The highest BCUT2D eigenvalue weighted by molar-refractivity contribution is 5.81. The number of carbonyl (C=O) groups excluding carboxylic acids is 2. The Morgan fingerprint density at radius 2 is 1.67 bits per heavy atom. The molecule has 0 aliphatic carbocycles. The molecule has 0 saturated carbocycles. The van der Waals surface area contributed by atoms with E-state index in [1.807, 2.05) is 28.0 Å². The fraction of sp³-hybridized carbons (Fsp3) is 0.517. The Bertz CT molecular complexity index is 1020. The maximum Gasteiger partial charge on any atom is 0.320 e. The first-order chi connectivity index (χ1) is 17.6. The standard InChI is InChI=1S/C29H35FN2O4/c30-13-17-35-26-8-6-22(7-9-26)28(21-4-2-1-3-5-21)23-10-14-31(15-11-23)29(34)32-16-12-27-24(19-32)18-25(33)20-36-27/h1-9,23-24,27-28H,10-20H2/t24-,27+,28+/m1/s1. The number of ether oxygens (including phenoxy) is 2. The van der Waals surface area contributed by atoms with Crippen molar-refractivity contribution in [3.8, 4) is 5.75 Å². The van der Waals surface area contributed by atoms with Gasteiger partial charge >= 0.3 is 6.03 Å². The molecule has 2 aromatic rings. The maximum absolute atomic E-state index is 13.3. The number of fused-ring (bicyclic) bond motifs is 1. The summed E-state index contributed by atoms with van der Waals surface area (Å²) in [4.78, 5) is 29.1. The summed E-state index contributed by atoms with van der Waals surface area (Å²) in [5, 5.41) is 0. The van der Waals surface area contributed by atoms with E-state index in [0.29, 0.717) is 31.2 Å². The molecule has 192 valence electrons. The lowest BCUT2D eigenvalue weighted by Gasteiger charge is -2.43. The topological polar surface area (TPSA) is 59.1 Å². The van der Waals surface area contributed by atoms with Gasteiger partial charge in [-0.1, -0.05) is 42.5 Å². The fourth-order valence-electron chi connectivity index (χ4n) is 6.10. The second-order valence-electron chi connectivity index (χ2n) is 10.2. The number of benzene rings is 2. The van der Waals surface area contributed by atoms with E-state index in [2.05, 4.69) is 36.4 Å². The SMILES string of the molecule is O=C1CO[C@H]2CCN(C(=O)N3CCC([C@@H](c4ccccc4)c4ccc(OCCF)cc4)CC3)C[C@H]2C1.